The Morgan fingerprint density at radius 2 is 2.18 bits per heavy atom. The van der Waals surface area contributed by atoms with Crippen molar-refractivity contribution in [3.05, 3.63) is 29.3 Å². The molecule has 1 N–H and O–H groups in total. The molecule has 7 heteroatoms. The summed E-state index contributed by atoms with van der Waals surface area (Å²) in [6.07, 6.45) is 0. The van der Waals surface area contributed by atoms with Crippen molar-refractivity contribution in [1.82, 2.24) is 4.72 Å². The predicted molar refractivity (Wildman–Crippen MR) is 68.2 cm³/mol. The number of halogens is 2. The molecule has 0 aliphatic carbocycles. The molecule has 1 unspecified atom stereocenters. The SMILES string of the molecule is COCC(CCl)NS(=O)(=O)c1cccc(Cl)c1. The summed E-state index contributed by atoms with van der Waals surface area (Å²) in [5.41, 5.74) is 0. The van der Waals surface area contributed by atoms with Gasteiger partial charge in [-0.2, -0.15) is 0 Å². The van der Waals surface area contributed by atoms with Gasteiger partial charge in [-0.1, -0.05) is 17.7 Å². The number of benzene rings is 1. The molecule has 0 aliphatic heterocycles. The number of methoxy groups -OCH3 is 1. The summed E-state index contributed by atoms with van der Waals surface area (Å²) in [7, 11) is -2.14. The lowest BCUT2D eigenvalue weighted by Gasteiger charge is -2.15. The molecular formula is C10H13Cl2NO3S. The van der Waals surface area contributed by atoms with Crippen molar-refractivity contribution in [3.63, 3.8) is 0 Å². The molecule has 96 valence electrons. The maximum atomic E-state index is 11.9. The normalized spacial score (nSPS) is 13.6. The molecule has 0 saturated heterocycles. The maximum Gasteiger partial charge on any atom is 0.240 e. The summed E-state index contributed by atoms with van der Waals surface area (Å²) in [5.74, 6) is 0.133. The van der Waals surface area contributed by atoms with Gasteiger partial charge in [-0.15, -0.1) is 11.6 Å². The van der Waals surface area contributed by atoms with Crippen molar-refractivity contribution >= 4 is 33.2 Å². The van der Waals surface area contributed by atoms with Crippen LogP contribution in [0.25, 0.3) is 0 Å². The number of ether oxygens (including phenoxy) is 1. The average Bonchev–Trinajstić information content (AvgIpc) is 2.28. The Bertz CT molecular complexity index is 464. The van der Waals surface area contributed by atoms with Crippen LogP contribution in [0.5, 0.6) is 0 Å². The van der Waals surface area contributed by atoms with Gasteiger partial charge < -0.3 is 4.74 Å². The molecule has 0 saturated carbocycles. The molecule has 0 fully saturated rings. The quantitative estimate of drug-likeness (QED) is 0.816. The zero-order chi connectivity index (χ0) is 12.9. The van der Waals surface area contributed by atoms with Crippen molar-refractivity contribution in [2.75, 3.05) is 19.6 Å². The van der Waals surface area contributed by atoms with Gasteiger partial charge in [0.1, 0.15) is 0 Å². The van der Waals surface area contributed by atoms with E-state index in [1.165, 1.54) is 19.2 Å². The predicted octanol–water partition coefficient (Wildman–Crippen LogP) is 1.87. The zero-order valence-corrected chi connectivity index (χ0v) is 11.5. The summed E-state index contributed by atoms with van der Waals surface area (Å²) in [4.78, 5) is 0.108. The molecule has 1 aromatic carbocycles. The van der Waals surface area contributed by atoms with Gasteiger partial charge >= 0.3 is 0 Å². The fourth-order valence-corrected chi connectivity index (χ4v) is 3.01. The Labute approximate surface area is 111 Å². The summed E-state index contributed by atoms with van der Waals surface area (Å²) in [6.45, 7) is 0.212. The van der Waals surface area contributed by atoms with Crippen LogP contribution >= 0.6 is 23.2 Å². The Hall–Kier alpha value is -0.330. The van der Waals surface area contributed by atoms with Crippen molar-refractivity contribution in [2.45, 2.75) is 10.9 Å². The number of hydrogen-bond donors (Lipinski definition) is 1. The number of hydrogen-bond acceptors (Lipinski definition) is 3. The van der Waals surface area contributed by atoms with Crippen molar-refractivity contribution in [1.29, 1.82) is 0 Å². The third kappa shape index (κ3) is 4.44. The molecule has 1 aromatic rings. The number of alkyl halides is 1. The van der Waals surface area contributed by atoms with E-state index in [1.54, 1.807) is 12.1 Å². The molecule has 0 radical (unpaired) electrons. The molecular weight excluding hydrogens is 285 g/mol. The van der Waals surface area contributed by atoms with Crippen LogP contribution < -0.4 is 4.72 Å². The number of nitrogens with one attached hydrogen (secondary N) is 1. The molecule has 0 bridgehead atoms. The minimum Gasteiger partial charge on any atom is -0.383 e. The van der Waals surface area contributed by atoms with Crippen LogP contribution in [0.4, 0.5) is 0 Å². The van der Waals surface area contributed by atoms with E-state index in [4.69, 9.17) is 27.9 Å². The largest absolute Gasteiger partial charge is 0.383 e. The Morgan fingerprint density at radius 3 is 2.71 bits per heavy atom. The Morgan fingerprint density at radius 1 is 1.47 bits per heavy atom. The van der Waals surface area contributed by atoms with Gasteiger partial charge in [0.15, 0.2) is 0 Å². The van der Waals surface area contributed by atoms with Crippen molar-refractivity contribution in [3.8, 4) is 0 Å². The first kappa shape index (κ1) is 14.7. The van der Waals surface area contributed by atoms with Gasteiger partial charge in [0.2, 0.25) is 10.0 Å². The van der Waals surface area contributed by atoms with E-state index < -0.39 is 16.1 Å². The van der Waals surface area contributed by atoms with E-state index >= 15 is 0 Å². The van der Waals surface area contributed by atoms with Crippen LogP contribution in [0.1, 0.15) is 0 Å². The number of rotatable bonds is 6. The summed E-state index contributed by atoms with van der Waals surface area (Å²) in [6, 6.07) is 5.55. The maximum absolute atomic E-state index is 11.9. The minimum atomic E-state index is -3.62. The molecule has 0 aromatic heterocycles. The van der Waals surface area contributed by atoms with Gasteiger partial charge in [0, 0.05) is 18.0 Å². The fraction of sp³-hybridized carbons (Fsp3) is 0.400. The van der Waals surface area contributed by atoms with Crippen molar-refractivity contribution < 1.29 is 13.2 Å². The topological polar surface area (TPSA) is 55.4 Å². The minimum absolute atomic E-state index is 0.108. The highest BCUT2D eigenvalue weighted by Gasteiger charge is 2.19. The second kappa shape index (κ2) is 6.56. The third-order valence-corrected chi connectivity index (χ3v) is 4.11. The molecule has 0 aliphatic rings. The molecule has 17 heavy (non-hydrogen) atoms. The van der Waals surface area contributed by atoms with Gasteiger partial charge in [0.25, 0.3) is 0 Å². The van der Waals surface area contributed by atoms with Crippen molar-refractivity contribution in [2.24, 2.45) is 0 Å². The average molecular weight is 298 g/mol. The van der Waals surface area contributed by atoms with Crippen LogP contribution in [0.3, 0.4) is 0 Å². The highest BCUT2D eigenvalue weighted by atomic mass is 35.5. The highest BCUT2D eigenvalue weighted by molar-refractivity contribution is 7.89. The standard InChI is InChI=1S/C10H13Cl2NO3S/c1-16-7-9(6-11)13-17(14,15)10-4-2-3-8(12)5-10/h2-5,9,13H,6-7H2,1H3. The van der Waals surface area contributed by atoms with E-state index in [-0.39, 0.29) is 17.4 Å². The van der Waals surface area contributed by atoms with Crippen LogP contribution in [0.2, 0.25) is 5.02 Å². The second-order valence-corrected chi connectivity index (χ2v) is 5.84. The molecule has 1 rings (SSSR count). The molecule has 0 spiro atoms. The lowest BCUT2D eigenvalue weighted by atomic mass is 10.4. The first-order valence-electron chi connectivity index (χ1n) is 4.82. The van der Waals surface area contributed by atoms with Crippen LogP contribution in [0, 0.1) is 0 Å². The summed E-state index contributed by atoms with van der Waals surface area (Å²) >= 11 is 11.4. The van der Waals surface area contributed by atoms with E-state index in [0.29, 0.717) is 5.02 Å². The smallest absolute Gasteiger partial charge is 0.240 e. The fourth-order valence-electron chi connectivity index (χ4n) is 1.23. The Balaban J connectivity index is 2.88. The third-order valence-electron chi connectivity index (χ3n) is 1.98. The van der Waals surface area contributed by atoms with Crippen LogP contribution in [0.15, 0.2) is 29.2 Å². The van der Waals surface area contributed by atoms with Gasteiger partial charge in [0.05, 0.1) is 17.5 Å². The molecule has 4 nitrogen and oxygen atoms in total. The Kier molecular flexibility index (Phi) is 5.69. The van der Waals surface area contributed by atoms with E-state index in [2.05, 4.69) is 4.72 Å². The van der Waals surface area contributed by atoms with Crippen LogP contribution in [-0.2, 0) is 14.8 Å². The monoisotopic (exact) mass is 297 g/mol. The molecule has 1 atom stereocenters. The lowest BCUT2D eigenvalue weighted by molar-refractivity contribution is 0.181. The van der Waals surface area contributed by atoms with E-state index in [1.807, 2.05) is 0 Å². The first-order valence-corrected chi connectivity index (χ1v) is 7.22. The summed E-state index contributed by atoms with van der Waals surface area (Å²) < 4.78 is 31.2. The van der Waals surface area contributed by atoms with Gasteiger partial charge in [-0.25, -0.2) is 13.1 Å². The van der Waals surface area contributed by atoms with Gasteiger partial charge in [-0.3, -0.25) is 0 Å². The second-order valence-electron chi connectivity index (χ2n) is 3.39. The zero-order valence-electron chi connectivity index (χ0n) is 9.19. The lowest BCUT2D eigenvalue weighted by Crippen LogP contribution is -2.39. The molecule has 0 heterocycles. The highest BCUT2D eigenvalue weighted by Crippen LogP contribution is 2.15. The molecule has 0 amide bonds. The van der Waals surface area contributed by atoms with Gasteiger partial charge in [-0.05, 0) is 18.2 Å². The first-order chi connectivity index (χ1) is 7.99. The summed E-state index contributed by atoms with van der Waals surface area (Å²) in [5, 5.41) is 0.363. The van der Waals surface area contributed by atoms with E-state index in [0.717, 1.165) is 0 Å². The number of sulfonamides is 1. The van der Waals surface area contributed by atoms with Crippen LogP contribution in [-0.4, -0.2) is 34.1 Å². The van der Waals surface area contributed by atoms with E-state index in [9.17, 15) is 8.42 Å².